The summed E-state index contributed by atoms with van der Waals surface area (Å²) in [5.41, 5.74) is 1.22. The first-order valence-corrected chi connectivity index (χ1v) is 8.11. The van der Waals surface area contributed by atoms with Crippen molar-refractivity contribution >= 4 is 23.2 Å². The number of ether oxygens (including phenoxy) is 1. The van der Waals surface area contributed by atoms with Gasteiger partial charge in [-0.25, -0.2) is 4.39 Å². The number of hydrogen-bond acceptors (Lipinski definition) is 3. The van der Waals surface area contributed by atoms with Gasteiger partial charge in [-0.15, -0.1) is 0 Å². The third-order valence-electron chi connectivity index (χ3n) is 3.56. The molecule has 1 aromatic heterocycles. The Balaban J connectivity index is 1.67. The van der Waals surface area contributed by atoms with Gasteiger partial charge in [0.15, 0.2) is 0 Å². The van der Waals surface area contributed by atoms with Crippen molar-refractivity contribution in [3.63, 3.8) is 0 Å². The highest BCUT2D eigenvalue weighted by molar-refractivity contribution is 6.31. The maximum absolute atomic E-state index is 13.1. The summed E-state index contributed by atoms with van der Waals surface area (Å²) >= 11 is 5.99. The van der Waals surface area contributed by atoms with Gasteiger partial charge >= 0.3 is 6.61 Å². The number of benzene rings is 2. The van der Waals surface area contributed by atoms with Crippen molar-refractivity contribution in [3.8, 4) is 5.75 Å². The van der Waals surface area contributed by atoms with Crippen molar-refractivity contribution in [2.45, 2.75) is 13.2 Å². The lowest BCUT2D eigenvalue weighted by Crippen LogP contribution is -2.12. The number of halogens is 4. The SMILES string of the molecule is O=C(Nc1cnn(Cc2ccc(F)cc2Cl)c1)c1cccc(OC(F)F)c1. The van der Waals surface area contributed by atoms with Gasteiger partial charge in [0.1, 0.15) is 11.6 Å². The summed E-state index contributed by atoms with van der Waals surface area (Å²) in [4.78, 5) is 12.3. The van der Waals surface area contributed by atoms with Gasteiger partial charge < -0.3 is 10.1 Å². The fourth-order valence-corrected chi connectivity index (χ4v) is 2.58. The van der Waals surface area contributed by atoms with Gasteiger partial charge in [-0.05, 0) is 35.9 Å². The standard InChI is InChI=1S/C18H13ClF3N3O2/c19-16-7-13(20)5-4-12(16)9-25-10-14(8-23-25)24-17(26)11-2-1-3-15(6-11)27-18(21)22/h1-8,10,18H,9H2,(H,24,26). The second-order valence-electron chi connectivity index (χ2n) is 5.52. The second-order valence-corrected chi connectivity index (χ2v) is 5.93. The van der Waals surface area contributed by atoms with Crippen LogP contribution in [0, 0.1) is 5.82 Å². The van der Waals surface area contributed by atoms with Crippen LogP contribution in [-0.2, 0) is 6.54 Å². The summed E-state index contributed by atoms with van der Waals surface area (Å²) in [5, 5.41) is 6.99. The van der Waals surface area contributed by atoms with Gasteiger partial charge in [0, 0.05) is 16.8 Å². The van der Waals surface area contributed by atoms with Gasteiger partial charge in [-0.2, -0.15) is 13.9 Å². The third-order valence-corrected chi connectivity index (χ3v) is 3.91. The first-order valence-electron chi connectivity index (χ1n) is 7.73. The van der Waals surface area contributed by atoms with Crippen LogP contribution in [0.25, 0.3) is 0 Å². The average Bonchev–Trinajstić information content (AvgIpc) is 3.04. The molecule has 9 heteroatoms. The number of hydrogen-bond donors (Lipinski definition) is 1. The lowest BCUT2D eigenvalue weighted by molar-refractivity contribution is -0.0498. The average molecular weight is 396 g/mol. The molecule has 2 aromatic carbocycles. The van der Waals surface area contributed by atoms with E-state index in [9.17, 15) is 18.0 Å². The number of rotatable bonds is 6. The van der Waals surface area contributed by atoms with E-state index in [4.69, 9.17) is 11.6 Å². The highest BCUT2D eigenvalue weighted by atomic mass is 35.5. The zero-order chi connectivity index (χ0) is 19.4. The second kappa shape index (κ2) is 8.13. The van der Waals surface area contributed by atoms with E-state index in [2.05, 4.69) is 15.2 Å². The lowest BCUT2D eigenvalue weighted by Gasteiger charge is -2.07. The number of anilines is 1. The van der Waals surface area contributed by atoms with Crippen LogP contribution in [-0.4, -0.2) is 22.3 Å². The predicted octanol–water partition coefficient (Wildman–Crippen LogP) is 4.58. The minimum Gasteiger partial charge on any atom is -0.435 e. The number of aromatic nitrogens is 2. The Bertz CT molecular complexity index is 963. The van der Waals surface area contributed by atoms with E-state index in [-0.39, 0.29) is 22.9 Å². The van der Waals surface area contributed by atoms with Crippen LogP contribution >= 0.6 is 11.6 Å². The summed E-state index contributed by atoms with van der Waals surface area (Å²) in [5.74, 6) is -1.05. The topological polar surface area (TPSA) is 56.2 Å². The quantitative estimate of drug-likeness (QED) is 0.664. The van der Waals surface area contributed by atoms with Crippen LogP contribution in [0.4, 0.5) is 18.9 Å². The molecule has 0 saturated carbocycles. The first kappa shape index (κ1) is 18.8. The molecule has 0 saturated heterocycles. The van der Waals surface area contributed by atoms with Crippen LogP contribution in [0.15, 0.2) is 54.9 Å². The van der Waals surface area contributed by atoms with Crippen molar-refractivity contribution < 1.29 is 22.7 Å². The molecule has 0 atom stereocenters. The largest absolute Gasteiger partial charge is 0.435 e. The molecule has 0 aliphatic heterocycles. The Morgan fingerprint density at radius 2 is 2.07 bits per heavy atom. The monoisotopic (exact) mass is 395 g/mol. The molecule has 0 unspecified atom stereocenters. The van der Waals surface area contributed by atoms with Crippen molar-refractivity contribution in [1.29, 1.82) is 0 Å². The number of alkyl halides is 2. The molecule has 140 valence electrons. The minimum atomic E-state index is -2.97. The van der Waals surface area contributed by atoms with Gasteiger partial charge in [0.2, 0.25) is 0 Å². The summed E-state index contributed by atoms with van der Waals surface area (Å²) < 4.78 is 43.4. The Morgan fingerprint density at radius 1 is 1.26 bits per heavy atom. The molecule has 1 N–H and O–H groups in total. The fourth-order valence-electron chi connectivity index (χ4n) is 2.36. The molecule has 0 aliphatic rings. The summed E-state index contributed by atoms with van der Waals surface area (Å²) in [6.07, 6.45) is 2.99. The molecule has 0 spiro atoms. The maximum atomic E-state index is 13.1. The van der Waals surface area contributed by atoms with Crippen molar-refractivity contribution in [2.75, 3.05) is 5.32 Å². The highest BCUT2D eigenvalue weighted by Crippen LogP contribution is 2.20. The van der Waals surface area contributed by atoms with Crippen molar-refractivity contribution in [1.82, 2.24) is 9.78 Å². The number of carbonyl (C=O) groups is 1. The first-order chi connectivity index (χ1) is 12.9. The van der Waals surface area contributed by atoms with Crippen molar-refractivity contribution in [2.24, 2.45) is 0 Å². The number of amides is 1. The van der Waals surface area contributed by atoms with E-state index in [1.807, 2.05) is 0 Å². The Morgan fingerprint density at radius 3 is 2.81 bits per heavy atom. The fraction of sp³-hybridized carbons (Fsp3) is 0.111. The van der Waals surface area contributed by atoms with Gasteiger partial charge in [-0.3, -0.25) is 9.48 Å². The van der Waals surface area contributed by atoms with Gasteiger partial charge in [0.25, 0.3) is 5.91 Å². The summed E-state index contributed by atoms with van der Waals surface area (Å²) in [6, 6.07) is 9.49. The summed E-state index contributed by atoms with van der Waals surface area (Å²) in [6.45, 7) is -2.69. The molecule has 3 rings (SSSR count). The van der Waals surface area contributed by atoms with Crippen LogP contribution in [0.1, 0.15) is 15.9 Å². The molecule has 1 amide bonds. The van der Waals surface area contributed by atoms with E-state index >= 15 is 0 Å². The van der Waals surface area contributed by atoms with Crippen LogP contribution < -0.4 is 10.1 Å². The zero-order valence-electron chi connectivity index (χ0n) is 13.7. The zero-order valence-corrected chi connectivity index (χ0v) is 14.5. The maximum Gasteiger partial charge on any atom is 0.387 e. The molecular formula is C18H13ClF3N3O2. The third kappa shape index (κ3) is 5.01. The number of carbonyl (C=O) groups excluding carboxylic acids is 1. The van der Waals surface area contributed by atoms with Crippen LogP contribution in [0.5, 0.6) is 5.75 Å². The smallest absolute Gasteiger partial charge is 0.387 e. The van der Waals surface area contributed by atoms with E-state index < -0.39 is 18.3 Å². The van der Waals surface area contributed by atoms with E-state index in [0.29, 0.717) is 11.3 Å². The number of nitrogens with one attached hydrogen (secondary N) is 1. The van der Waals surface area contributed by atoms with Gasteiger partial charge in [-0.1, -0.05) is 23.7 Å². The normalized spacial score (nSPS) is 10.9. The van der Waals surface area contributed by atoms with Crippen LogP contribution in [0.2, 0.25) is 5.02 Å². The molecule has 27 heavy (non-hydrogen) atoms. The van der Waals surface area contributed by atoms with Gasteiger partial charge in [0.05, 0.1) is 18.4 Å². The van der Waals surface area contributed by atoms with E-state index in [1.165, 1.54) is 47.3 Å². The minimum absolute atomic E-state index is 0.112. The Hall–Kier alpha value is -3.00. The molecule has 0 aliphatic carbocycles. The summed E-state index contributed by atoms with van der Waals surface area (Å²) in [7, 11) is 0. The lowest BCUT2D eigenvalue weighted by atomic mass is 10.2. The predicted molar refractivity (Wildman–Crippen MR) is 93.8 cm³/mol. The molecule has 0 bridgehead atoms. The molecule has 5 nitrogen and oxygen atoms in total. The molecule has 3 aromatic rings. The van der Waals surface area contributed by atoms with Crippen molar-refractivity contribution in [3.05, 3.63) is 76.8 Å². The molecular weight excluding hydrogens is 383 g/mol. The number of nitrogens with zero attached hydrogens (tertiary/aromatic N) is 2. The highest BCUT2D eigenvalue weighted by Gasteiger charge is 2.11. The van der Waals surface area contributed by atoms with E-state index in [1.54, 1.807) is 12.3 Å². The Labute approximate surface area is 157 Å². The molecule has 1 heterocycles. The van der Waals surface area contributed by atoms with E-state index in [0.717, 1.165) is 0 Å². The van der Waals surface area contributed by atoms with Crippen LogP contribution in [0.3, 0.4) is 0 Å². The Kier molecular flexibility index (Phi) is 5.66. The molecule has 0 radical (unpaired) electrons. The molecule has 0 fully saturated rings.